The second kappa shape index (κ2) is 6.85. The van der Waals surface area contributed by atoms with Gasteiger partial charge in [-0.25, -0.2) is 0 Å². The summed E-state index contributed by atoms with van der Waals surface area (Å²) in [5.41, 5.74) is -0.396. The van der Waals surface area contributed by atoms with E-state index in [2.05, 4.69) is 0 Å². The van der Waals surface area contributed by atoms with E-state index in [0.717, 1.165) is 6.07 Å². The Morgan fingerprint density at radius 2 is 1.78 bits per heavy atom. The Labute approximate surface area is 159 Å². The molecule has 1 aromatic carbocycles. The molecule has 2 nitrogen and oxygen atoms in total. The zero-order valence-corrected chi connectivity index (χ0v) is 15.7. The van der Waals surface area contributed by atoms with Crippen LogP contribution in [0.1, 0.15) is 11.1 Å². The van der Waals surface area contributed by atoms with E-state index in [-0.39, 0.29) is 66.1 Å². The van der Waals surface area contributed by atoms with Crippen LogP contribution in [-0.2, 0) is 16.5 Å². The topological polar surface area (TPSA) is 34.1 Å². The minimum absolute atomic E-state index is 0. The maximum Gasteiger partial charge on any atom is 1.00 e. The number of hydrogen-bond donors (Lipinski definition) is 0. The van der Waals surface area contributed by atoms with Crippen molar-refractivity contribution in [3.8, 4) is 0 Å². The molecule has 0 unspecified atom stereocenters. The summed E-state index contributed by atoms with van der Waals surface area (Å²) in [4.78, 5) is -0.695. The van der Waals surface area contributed by atoms with Crippen molar-refractivity contribution >= 4 is 39.8 Å². The van der Waals surface area contributed by atoms with Crippen molar-refractivity contribution in [2.75, 3.05) is 0 Å². The third-order valence-corrected chi connectivity index (χ3v) is 3.72. The van der Waals surface area contributed by atoms with E-state index < -0.39 is 28.4 Å². The first-order valence-electron chi connectivity index (χ1n) is 4.45. The summed E-state index contributed by atoms with van der Waals surface area (Å²) in [6.07, 6.45) is -1.22. The van der Waals surface area contributed by atoms with E-state index in [1.807, 2.05) is 0 Å². The predicted molar refractivity (Wildman–Crippen MR) is 65.0 cm³/mol. The van der Waals surface area contributed by atoms with Gasteiger partial charge < -0.3 is 12.9 Å². The number of rotatable bonds is 3. The van der Waals surface area contributed by atoms with E-state index in [9.17, 15) is 25.3 Å². The monoisotopic (exact) mass is 420 g/mol. The van der Waals surface area contributed by atoms with Crippen LogP contribution in [0, 0.1) is 10.5 Å². The van der Waals surface area contributed by atoms with Crippen LogP contribution in [0.15, 0.2) is 17.0 Å². The van der Waals surface area contributed by atoms with Gasteiger partial charge in [0, 0.05) is 3.57 Å². The zero-order valence-electron chi connectivity index (χ0n) is 9.55. The molecule has 1 rings (SSSR count). The molecule has 0 saturated heterocycles. The van der Waals surface area contributed by atoms with Crippen LogP contribution in [0.25, 0.3) is 0 Å². The molecule has 0 spiro atoms. The first-order chi connectivity index (χ1) is 7.50. The Kier molecular flexibility index (Phi) is 7.36. The van der Waals surface area contributed by atoms with E-state index in [1.165, 1.54) is 13.0 Å². The average Bonchev–Trinajstić information content (AvgIpc) is 2.06. The molecule has 0 fully saturated rings. The summed E-state index contributed by atoms with van der Waals surface area (Å²) in [6.45, 7) is -3.92. The number of hydrogen-bond acceptors (Lipinski definition) is 2. The van der Waals surface area contributed by atoms with Gasteiger partial charge in [0.1, 0.15) is 4.90 Å². The minimum Gasteiger partial charge on any atom is -0.449 e. The molecule has 0 heterocycles. The van der Waals surface area contributed by atoms with Crippen molar-refractivity contribution < 1.29 is 76.6 Å². The Morgan fingerprint density at radius 3 is 2.17 bits per heavy atom. The standard InChI is InChI=1S/C8H7BF4IO2S.K/c1-5-6(4-9(10,11)12)2-7(14)3-8(5)17(13,15)16;/h2-3H,4H2,1H3;/q-1;+1. The van der Waals surface area contributed by atoms with Crippen LogP contribution < -0.4 is 51.4 Å². The van der Waals surface area contributed by atoms with Crippen molar-refractivity contribution in [2.45, 2.75) is 18.1 Å². The molecule has 0 aliphatic carbocycles. The van der Waals surface area contributed by atoms with Gasteiger partial charge in [0.15, 0.2) is 0 Å². The predicted octanol–water partition coefficient (Wildman–Crippen LogP) is 0.191. The number of halogens is 5. The van der Waals surface area contributed by atoms with Crippen LogP contribution in [0.3, 0.4) is 0 Å². The summed E-state index contributed by atoms with van der Waals surface area (Å²) in [7, 11) is -5.00. The first-order valence-corrected chi connectivity index (χ1v) is 6.91. The molecule has 0 atom stereocenters. The van der Waals surface area contributed by atoms with Gasteiger partial charge in [-0.15, -0.1) is 3.89 Å². The number of benzene rings is 1. The van der Waals surface area contributed by atoms with E-state index in [1.54, 1.807) is 22.6 Å². The Balaban J connectivity index is 0.00000289. The second-order valence-electron chi connectivity index (χ2n) is 3.54. The quantitative estimate of drug-likeness (QED) is 0.303. The van der Waals surface area contributed by atoms with Gasteiger partial charge in [-0.05, 0) is 47.2 Å². The van der Waals surface area contributed by atoms with Crippen LogP contribution in [0.2, 0.25) is 0 Å². The van der Waals surface area contributed by atoms with Crippen molar-refractivity contribution in [3.63, 3.8) is 0 Å². The largest absolute Gasteiger partial charge is 1.00 e. The molecule has 0 radical (unpaired) electrons. The molecular formula is C8H7BF4IKO2S. The molecular weight excluding hydrogens is 413 g/mol. The Hall–Kier alpha value is 1.32. The van der Waals surface area contributed by atoms with E-state index >= 15 is 0 Å². The van der Waals surface area contributed by atoms with Gasteiger partial charge in [0.25, 0.3) is 0 Å². The molecule has 0 N–H and O–H groups in total. The van der Waals surface area contributed by atoms with Crippen molar-refractivity contribution in [3.05, 3.63) is 26.8 Å². The smallest absolute Gasteiger partial charge is 0.449 e. The third kappa shape index (κ3) is 5.75. The van der Waals surface area contributed by atoms with Gasteiger partial charge in [0.05, 0.1) is 0 Å². The summed E-state index contributed by atoms with van der Waals surface area (Å²) in [5, 5.41) is 0. The van der Waals surface area contributed by atoms with Gasteiger partial charge >= 0.3 is 68.6 Å². The Bertz CT molecular complexity index is 547. The van der Waals surface area contributed by atoms with Crippen LogP contribution in [0.4, 0.5) is 16.8 Å². The van der Waals surface area contributed by atoms with Crippen molar-refractivity contribution in [1.29, 1.82) is 0 Å². The molecule has 0 bridgehead atoms. The molecule has 0 aliphatic heterocycles. The average molecular weight is 420 g/mol. The fourth-order valence-corrected chi connectivity index (χ4v) is 3.09. The maximum absolute atomic E-state index is 12.9. The minimum atomic E-state index is -5.09. The summed E-state index contributed by atoms with van der Waals surface area (Å²) < 4.78 is 71.6. The summed E-state index contributed by atoms with van der Waals surface area (Å²) >= 11 is 1.65. The molecule has 10 heteroatoms. The van der Waals surface area contributed by atoms with Crippen LogP contribution in [-0.4, -0.2) is 15.4 Å². The fourth-order valence-electron chi connectivity index (χ4n) is 1.42. The van der Waals surface area contributed by atoms with E-state index in [0.29, 0.717) is 0 Å². The second-order valence-corrected chi connectivity index (χ2v) is 6.10. The third-order valence-electron chi connectivity index (χ3n) is 2.15. The fraction of sp³-hybridized carbons (Fsp3) is 0.250. The van der Waals surface area contributed by atoms with Gasteiger partial charge in [-0.2, -0.15) is 8.42 Å². The Morgan fingerprint density at radius 1 is 1.28 bits per heavy atom. The molecule has 18 heavy (non-hydrogen) atoms. The van der Waals surface area contributed by atoms with Crippen molar-refractivity contribution in [1.82, 2.24) is 0 Å². The molecule has 1 aromatic rings. The van der Waals surface area contributed by atoms with Crippen molar-refractivity contribution in [2.24, 2.45) is 0 Å². The van der Waals surface area contributed by atoms with E-state index in [4.69, 9.17) is 0 Å². The molecule has 0 saturated carbocycles. The summed E-state index contributed by atoms with van der Waals surface area (Å²) in [5.74, 6) is 0. The molecule has 0 aromatic heterocycles. The van der Waals surface area contributed by atoms with Gasteiger partial charge in [-0.3, -0.25) is 0 Å². The first kappa shape index (κ1) is 19.3. The molecule has 0 aliphatic rings. The van der Waals surface area contributed by atoms with Crippen LogP contribution in [0.5, 0.6) is 0 Å². The molecule has 0 amide bonds. The van der Waals surface area contributed by atoms with Gasteiger partial charge in [0.2, 0.25) is 0 Å². The summed E-state index contributed by atoms with van der Waals surface area (Å²) in [6, 6.07) is 2.22. The molecule has 96 valence electrons. The maximum atomic E-state index is 12.9. The van der Waals surface area contributed by atoms with Crippen LogP contribution >= 0.6 is 22.6 Å². The zero-order chi connectivity index (χ0) is 13.4. The SMILES string of the molecule is Cc1c(C[B-](F)(F)F)cc(I)cc1S(=O)(=O)F.[K+]. The van der Waals surface area contributed by atoms with Gasteiger partial charge in [-0.1, -0.05) is 11.9 Å². The normalized spacial score (nSPS) is 12.1.